The zero-order valence-electron chi connectivity index (χ0n) is 20.8. The molecular weight excluding hydrogens is 547 g/mol. The molecule has 4 aromatic heterocycles. The summed E-state index contributed by atoms with van der Waals surface area (Å²) in [5.74, 6) is -1.52. The van der Waals surface area contributed by atoms with E-state index in [-0.39, 0.29) is 27.3 Å². The van der Waals surface area contributed by atoms with Crippen molar-refractivity contribution in [3.63, 3.8) is 0 Å². The number of halogens is 4. The second-order valence-electron chi connectivity index (χ2n) is 8.82. The summed E-state index contributed by atoms with van der Waals surface area (Å²) in [7, 11) is 0. The van der Waals surface area contributed by atoms with Crippen molar-refractivity contribution in [1.29, 1.82) is 5.26 Å². The Balaban J connectivity index is 1.47. The van der Waals surface area contributed by atoms with Crippen molar-refractivity contribution in [2.24, 2.45) is 0 Å². The summed E-state index contributed by atoms with van der Waals surface area (Å²) in [6.45, 7) is 0. The van der Waals surface area contributed by atoms with Gasteiger partial charge in [-0.15, -0.1) is 5.10 Å². The number of benzene rings is 1. The molecule has 0 saturated heterocycles. The number of nitriles is 1. The Bertz CT molecular complexity index is 1810. The summed E-state index contributed by atoms with van der Waals surface area (Å²) in [5, 5.41) is 24.9. The molecule has 1 aromatic carbocycles. The Morgan fingerprint density at radius 2 is 1.87 bits per heavy atom. The zero-order chi connectivity index (χ0) is 28.0. The van der Waals surface area contributed by atoms with E-state index in [1.165, 1.54) is 30.7 Å². The molecular formula is C26H17Cl2F2N9. The topological polar surface area (TPSA) is 117 Å². The van der Waals surface area contributed by atoms with Gasteiger partial charge in [0.2, 0.25) is 11.9 Å². The minimum absolute atomic E-state index is 0.174. The molecule has 0 bridgehead atoms. The maximum absolute atomic E-state index is 13.7. The number of nitrogens with one attached hydrogen (secondary N) is 2. The number of nitrogens with zero attached hydrogens (tertiary/aromatic N) is 7. The minimum atomic E-state index is -1.74. The summed E-state index contributed by atoms with van der Waals surface area (Å²) in [6, 6.07) is 7.73. The van der Waals surface area contributed by atoms with Crippen LogP contribution in [0.5, 0.6) is 0 Å². The Morgan fingerprint density at radius 3 is 2.59 bits per heavy atom. The van der Waals surface area contributed by atoms with E-state index in [1.807, 2.05) is 0 Å². The number of hydrogen-bond donors (Lipinski definition) is 2. The molecule has 1 unspecified atom stereocenters. The molecule has 6 rings (SSSR count). The van der Waals surface area contributed by atoms with Gasteiger partial charge in [0.25, 0.3) is 0 Å². The highest BCUT2D eigenvalue weighted by Crippen LogP contribution is 2.38. The second-order valence-corrected chi connectivity index (χ2v) is 9.63. The van der Waals surface area contributed by atoms with E-state index in [9.17, 15) is 15.4 Å². The molecule has 1 aliphatic carbocycles. The van der Waals surface area contributed by atoms with Gasteiger partial charge in [-0.3, -0.25) is 4.98 Å². The fraction of sp³-hybridized carbons (Fsp3) is 0.154. The van der Waals surface area contributed by atoms with Gasteiger partial charge in [0.15, 0.2) is 0 Å². The van der Waals surface area contributed by atoms with E-state index in [1.54, 1.807) is 23.0 Å². The summed E-state index contributed by atoms with van der Waals surface area (Å²) in [6.07, 6.45) is 7.46. The molecule has 5 aromatic rings. The van der Waals surface area contributed by atoms with E-state index in [4.69, 9.17) is 23.2 Å². The number of rotatable bonds is 7. The number of hydrogen-bond acceptors (Lipinski definition) is 8. The van der Waals surface area contributed by atoms with E-state index in [2.05, 4.69) is 42.0 Å². The van der Waals surface area contributed by atoms with E-state index in [0.717, 1.165) is 18.9 Å². The maximum atomic E-state index is 13.7. The number of aromatic nitrogens is 6. The first-order chi connectivity index (χ1) is 19.2. The number of anilines is 3. The van der Waals surface area contributed by atoms with Crippen LogP contribution < -0.4 is 10.6 Å². The predicted octanol–water partition coefficient (Wildman–Crippen LogP) is 6.35. The van der Waals surface area contributed by atoms with Gasteiger partial charge in [-0.05, 0) is 42.7 Å². The van der Waals surface area contributed by atoms with Gasteiger partial charge in [-0.25, -0.2) is 14.6 Å². The molecule has 13 heteroatoms. The van der Waals surface area contributed by atoms with Crippen molar-refractivity contribution in [3.05, 3.63) is 93.9 Å². The van der Waals surface area contributed by atoms with Crippen LogP contribution in [0.1, 0.15) is 43.1 Å². The maximum Gasteiger partial charge on any atom is 0.231 e. The molecule has 1 fully saturated rings. The molecule has 0 aliphatic heterocycles. The first-order valence-corrected chi connectivity index (χ1v) is 12.4. The molecule has 0 radical (unpaired) electrons. The van der Waals surface area contributed by atoms with Crippen LogP contribution in [0, 0.1) is 23.2 Å². The summed E-state index contributed by atoms with van der Waals surface area (Å²) < 4.78 is 38.5. The zero-order valence-corrected chi connectivity index (χ0v) is 21.3. The molecule has 0 spiro atoms. The lowest BCUT2D eigenvalue weighted by Gasteiger charge is -2.20. The first-order valence-electron chi connectivity index (χ1n) is 12.2. The van der Waals surface area contributed by atoms with Crippen LogP contribution in [0.3, 0.4) is 0 Å². The smallest absolute Gasteiger partial charge is 0.231 e. The molecule has 4 heterocycles. The Kier molecular flexibility index (Phi) is 6.11. The Hall–Kier alpha value is -4.40. The molecule has 9 nitrogen and oxygen atoms in total. The molecule has 194 valence electrons. The average Bonchev–Trinajstić information content (AvgIpc) is 3.67. The third kappa shape index (κ3) is 5.04. The van der Waals surface area contributed by atoms with Gasteiger partial charge in [-0.2, -0.15) is 14.0 Å². The van der Waals surface area contributed by atoms with Crippen molar-refractivity contribution in [1.82, 2.24) is 29.9 Å². The molecule has 2 N–H and O–H groups in total. The lowest BCUT2D eigenvalue weighted by atomic mass is 10.0. The predicted molar refractivity (Wildman–Crippen MR) is 142 cm³/mol. The summed E-state index contributed by atoms with van der Waals surface area (Å²) in [5.41, 5.74) is 2.13. The van der Waals surface area contributed by atoms with Crippen molar-refractivity contribution < 1.29 is 10.2 Å². The standard InChI is InChI=1S/C26H17Cl2F2N9/c27-19-6-15(35-24(13-1-4-22(29)32-9-13)21-12-39(38-37-21)17-2-3-17)5-18-23(14(8-31)10-33-25(18)19)36-16-7-20(28)26(30)34-11-16/h1,4-7,9-12,17,24,35H,2-3H2,(H,33,36)/i24D. The number of fused-ring (bicyclic) bond motifs is 1. The fourth-order valence-electron chi connectivity index (χ4n) is 4.05. The van der Waals surface area contributed by atoms with Crippen molar-refractivity contribution in [3.8, 4) is 6.07 Å². The monoisotopic (exact) mass is 564 g/mol. The van der Waals surface area contributed by atoms with E-state index in [0.29, 0.717) is 33.5 Å². The second kappa shape index (κ2) is 10.1. The normalized spacial score (nSPS) is 14.9. The van der Waals surface area contributed by atoms with Gasteiger partial charge >= 0.3 is 0 Å². The number of pyridine rings is 3. The van der Waals surface area contributed by atoms with E-state index >= 15 is 0 Å². The van der Waals surface area contributed by atoms with Crippen molar-refractivity contribution in [2.75, 3.05) is 10.6 Å². The van der Waals surface area contributed by atoms with Crippen LogP contribution in [0.25, 0.3) is 10.9 Å². The Morgan fingerprint density at radius 1 is 1.05 bits per heavy atom. The van der Waals surface area contributed by atoms with Crippen LogP contribution in [-0.2, 0) is 0 Å². The van der Waals surface area contributed by atoms with Gasteiger partial charge in [0.1, 0.15) is 11.8 Å². The quantitative estimate of drug-likeness (QED) is 0.219. The third-order valence-electron chi connectivity index (χ3n) is 6.08. The van der Waals surface area contributed by atoms with Crippen LogP contribution in [0.2, 0.25) is 10.0 Å². The summed E-state index contributed by atoms with van der Waals surface area (Å²) >= 11 is 12.5. The van der Waals surface area contributed by atoms with Crippen LogP contribution in [0.15, 0.2) is 55.1 Å². The van der Waals surface area contributed by atoms with Crippen molar-refractivity contribution >= 4 is 51.2 Å². The van der Waals surface area contributed by atoms with Gasteiger partial charge in [0.05, 0.1) is 58.3 Å². The van der Waals surface area contributed by atoms with Gasteiger partial charge in [-0.1, -0.05) is 34.5 Å². The molecule has 0 amide bonds. The highest BCUT2D eigenvalue weighted by molar-refractivity contribution is 6.36. The SMILES string of the molecule is [2H]C(Nc1cc(Cl)c2ncc(C#N)c(Nc3cnc(F)c(Cl)c3)c2c1)(c1ccc(F)nc1)c1cn(C2CC2)nn1. The largest absolute Gasteiger partial charge is 0.373 e. The molecule has 39 heavy (non-hydrogen) atoms. The average molecular weight is 565 g/mol. The van der Waals surface area contributed by atoms with Crippen LogP contribution in [0.4, 0.5) is 25.8 Å². The fourth-order valence-corrected chi connectivity index (χ4v) is 4.48. The lowest BCUT2D eigenvalue weighted by molar-refractivity contribution is 0.581. The highest BCUT2D eigenvalue weighted by atomic mass is 35.5. The molecule has 1 saturated carbocycles. The molecule has 1 atom stereocenters. The highest BCUT2D eigenvalue weighted by Gasteiger charge is 2.27. The van der Waals surface area contributed by atoms with Gasteiger partial charge in [0, 0.05) is 23.5 Å². The van der Waals surface area contributed by atoms with E-state index < -0.39 is 17.9 Å². The minimum Gasteiger partial charge on any atom is -0.373 e. The van der Waals surface area contributed by atoms with Crippen LogP contribution in [-0.4, -0.2) is 29.9 Å². The van der Waals surface area contributed by atoms with Crippen LogP contribution >= 0.6 is 23.2 Å². The third-order valence-corrected chi connectivity index (χ3v) is 6.64. The summed E-state index contributed by atoms with van der Waals surface area (Å²) in [4.78, 5) is 11.7. The van der Waals surface area contributed by atoms with Crippen molar-refractivity contribution in [2.45, 2.75) is 24.9 Å². The lowest BCUT2D eigenvalue weighted by Crippen LogP contribution is -2.14. The Labute approximate surface area is 231 Å². The first kappa shape index (κ1) is 23.7. The molecule has 1 aliphatic rings. The van der Waals surface area contributed by atoms with Gasteiger partial charge < -0.3 is 10.6 Å².